The number of carbonyl (C=O) groups excluding carboxylic acids is 1. The highest BCUT2D eigenvalue weighted by Gasteiger charge is 2.07. The molecule has 17 heavy (non-hydrogen) atoms. The van der Waals surface area contributed by atoms with Gasteiger partial charge in [-0.2, -0.15) is 0 Å². The summed E-state index contributed by atoms with van der Waals surface area (Å²) >= 11 is 0. The van der Waals surface area contributed by atoms with Gasteiger partial charge in [0.05, 0.1) is 0 Å². The minimum Gasteiger partial charge on any atom is -0.423 e. The van der Waals surface area contributed by atoms with Crippen molar-refractivity contribution in [2.24, 2.45) is 0 Å². The summed E-state index contributed by atoms with van der Waals surface area (Å²) in [6.45, 7) is 5.15. The van der Waals surface area contributed by atoms with Gasteiger partial charge < -0.3 is 9.73 Å². The predicted molar refractivity (Wildman–Crippen MR) is 66.3 cm³/mol. The first-order valence-corrected chi connectivity index (χ1v) is 5.30. The minimum absolute atomic E-state index is 0.123. The number of anilines is 1. The molecular weight excluding hydrogens is 218 g/mol. The molecule has 0 unspecified atom stereocenters. The number of carbonyl (C=O) groups is 1. The van der Waals surface area contributed by atoms with E-state index in [-0.39, 0.29) is 11.5 Å². The summed E-state index contributed by atoms with van der Waals surface area (Å²) in [5, 5.41) is 3.58. The first-order chi connectivity index (χ1) is 7.97. The SMILES string of the molecule is CC(=O)Nc1cc2c(C)cc(=O)oc2cc1C. The third-order valence-corrected chi connectivity index (χ3v) is 2.61. The lowest BCUT2D eigenvalue weighted by atomic mass is 10.1. The number of nitrogens with one attached hydrogen (secondary N) is 1. The molecular formula is C13H13NO3. The summed E-state index contributed by atoms with van der Waals surface area (Å²) in [6, 6.07) is 5.02. The van der Waals surface area contributed by atoms with Crippen LogP contribution in [0.2, 0.25) is 0 Å². The van der Waals surface area contributed by atoms with Gasteiger partial charge in [0, 0.05) is 24.1 Å². The Labute approximate surface area is 98.3 Å². The van der Waals surface area contributed by atoms with Gasteiger partial charge >= 0.3 is 5.63 Å². The average Bonchev–Trinajstić information content (AvgIpc) is 2.19. The second-order valence-corrected chi connectivity index (χ2v) is 4.09. The third-order valence-electron chi connectivity index (χ3n) is 2.61. The van der Waals surface area contributed by atoms with E-state index in [1.807, 2.05) is 19.9 Å². The van der Waals surface area contributed by atoms with Crippen LogP contribution in [-0.4, -0.2) is 5.91 Å². The van der Waals surface area contributed by atoms with Crippen molar-refractivity contribution < 1.29 is 9.21 Å². The molecule has 0 saturated carbocycles. The second-order valence-electron chi connectivity index (χ2n) is 4.09. The Hall–Kier alpha value is -2.10. The number of rotatable bonds is 1. The van der Waals surface area contributed by atoms with E-state index in [4.69, 9.17) is 4.42 Å². The summed E-state index contributed by atoms with van der Waals surface area (Å²) in [4.78, 5) is 22.3. The highest BCUT2D eigenvalue weighted by atomic mass is 16.4. The number of fused-ring (bicyclic) bond motifs is 1. The van der Waals surface area contributed by atoms with Crippen molar-refractivity contribution in [2.45, 2.75) is 20.8 Å². The molecule has 2 aromatic rings. The van der Waals surface area contributed by atoms with Crippen molar-refractivity contribution in [1.29, 1.82) is 0 Å². The Kier molecular flexibility index (Phi) is 2.71. The first kappa shape index (κ1) is 11.4. The second kappa shape index (κ2) is 4.05. The third kappa shape index (κ3) is 2.20. The molecule has 1 amide bonds. The van der Waals surface area contributed by atoms with Gasteiger partial charge in [-0.15, -0.1) is 0 Å². The molecule has 88 valence electrons. The number of hydrogen-bond acceptors (Lipinski definition) is 3. The van der Waals surface area contributed by atoms with Gasteiger partial charge in [0.2, 0.25) is 5.91 Å². The van der Waals surface area contributed by atoms with E-state index < -0.39 is 0 Å². The molecule has 2 rings (SSSR count). The largest absolute Gasteiger partial charge is 0.423 e. The Morgan fingerprint density at radius 3 is 2.53 bits per heavy atom. The van der Waals surface area contributed by atoms with E-state index in [0.29, 0.717) is 5.58 Å². The van der Waals surface area contributed by atoms with Gasteiger partial charge in [0.15, 0.2) is 0 Å². The molecule has 0 spiro atoms. The molecule has 0 aliphatic rings. The maximum atomic E-state index is 11.2. The Morgan fingerprint density at radius 2 is 1.88 bits per heavy atom. The molecule has 0 atom stereocenters. The number of amides is 1. The Balaban J connectivity index is 2.71. The van der Waals surface area contributed by atoms with Crippen molar-refractivity contribution in [1.82, 2.24) is 0 Å². The van der Waals surface area contributed by atoms with Crippen LogP contribution in [0, 0.1) is 13.8 Å². The first-order valence-electron chi connectivity index (χ1n) is 5.30. The Bertz CT molecular complexity index is 655. The molecule has 1 heterocycles. The smallest absolute Gasteiger partial charge is 0.336 e. The van der Waals surface area contributed by atoms with Crippen LogP contribution in [0.3, 0.4) is 0 Å². The summed E-state index contributed by atoms with van der Waals surface area (Å²) in [6.07, 6.45) is 0. The van der Waals surface area contributed by atoms with E-state index in [2.05, 4.69) is 5.32 Å². The van der Waals surface area contributed by atoms with Crippen LogP contribution >= 0.6 is 0 Å². The highest BCUT2D eigenvalue weighted by Crippen LogP contribution is 2.24. The lowest BCUT2D eigenvalue weighted by Gasteiger charge is -2.08. The van der Waals surface area contributed by atoms with Crippen LogP contribution in [0.5, 0.6) is 0 Å². The van der Waals surface area contributed by atoms with Crippen molar-refractivity contribution in [3.63, 3.8) is 0 Å². The van der Waals surface area contributed by atoms with Crippen LogP contribution in [0.1, 0.15) is 18.1 Å². The quantitative estimate of drug-likeness (QED) is 0.766. The monoisotopic (exact) mass is 231 g/mol. The van der Waals surface area contributed by atoms with Crippen molar-refractivity contribution in [2.75, 3.05) is 5.32 Å². The maximum Gasteiger partial charge on any atom is 0.336 e. The molecule has 0 bridgehead atoms. The van der Waals surface area contributed by atoms with Crippen molar-refractivity contribution in [3.05, 3.63) is 39.7 Å². The lowest BCUT2D eigenvalue weighted by Crippen LogP contribution is -2.07. The van der Waals surface area contributed by atoms with Gasteiger partial charge in [0.25, 0.3) is 0 Å². The summed E-state index contributed by atoms with van der Waals surface area (Å²) in [7, 11) is 0. The molecule has 1 N–H and O–H groups in total. The molecule has 4 nitrogen and oxygen atoms in total. The zero-order valence-electron chi connectivity index (χ0n) is 9.96. The molecule has 0 radical (unpaired) electrons. The van der Waals surface area contributed by atoms with Crippen LogP contribution in [0.4, 0.5) is 5.69 Å². The van der Waals surface area contributed by atoms with E-state index in [9.17, 15) is 9.59 Å². The minimum atomic E-state index is -0.360. The molecule has 4 heteroatoms. The summed E-state index contributed by atoms with van der Waals surface area (Å²) in [5.74, 6) is -0.123. The van der Waals surface area contributed by atoms with Crippen molar-refractivity contribution >= 4 is 22.6 Å². The van der Waals surface area contributed by atoms with Gasteiger partial charge in [-0.1, -0.05) is 0 Å². The van der Waals surface area contributed by atoms with Gasteiger partial charge in [-0.05, 0) is 37.1 Å². The van der Waals surface area contributed by atoms with Crippen LogP contribution in [0.15, 0.2) is 27.4 Å². The predicted octanol–water partition coefficient (Wildman–Crippen LogP) is 2.37. The molecule has 1 aromatic carbocycles. The molecule has 1 aromatic heterocycles. The number of benzene rings is 1. The molecule has 0 saturated heterocycles. The number of hydrogen-bond donors (Lipinski definition) is 1. The van der Waals surface area contributed by atoms with E-state index in [1.54, 1.807) is 6.07 Å². The van der Waals surface area contributed by atoms with E-state index in [1.165, 1.54) is 13.0 Å². The Morgan fingerprint density at radius 1 is 1.18 bits per heavy atom. The molecule has 0 fully saturated rings. The molecule has 0 aliphatic carbocycles. The van der Waals surface area contributed by atoms with Crippen molar-refractivity contribution in [3.8, 4) is 0 Å². The number of aryl methyl sites for hydroxylation is 2. The van der Waals surface area contributed by atoms with Gasteiger partial charge in [0.1, 0.15) is 5.58 Å². The van der Waals surface area contributed by atoms with Gasteiger partial charge in [-0.25, -0.2) is 4.79 Å². The fourth-order valence-corrected chi connectivity index (χ4v) is 1.79. The van der Waals surface area contributed by atoms with Crippen LogP contribution in [0.25, 0.3) is 11.0 Å². The topological polar surface area (TPSA) is 59.3 Å². The average molecular weight is 231 g/mol. The fraction of sp³-hybridized carbons (Fsp3) is 0.231. The standard InChI is InChI=1S/C13H13NO3/c1-7-5-13(16)17-12-4-8(2)11(6-10(7)12)14-9(3)15/h4-6H,1-3H3,(H,14,15). The maximum absolute atomic E-state index is 11.2. The fourth-order valence-electron chi connectivity index (χ4n) is 1.79. The zero-order chi connectivity index (χ0) is 12.6. The summed E-state index contributed by atoms with van der Waals surface area (Å²) in [5.41, 5.74) is 2.62. The van der Waals surface area contributed by atoms with E-state index >= 15 is 0 Å². The summed E-state index contributed by atoms with van der Waals surface area (Å²) < 4.78 is 5.12. The normalized spacial score (nSPS) is 10.5. The van der Waals surface area contributed by atoms with Crippen LogP contribution in [-0.2, 0) is 4.79 Å². The zero-order valence-corrected chi connectivity index (χ0v) is 9.96. The van der Waals surface area contributed by atoms with Gasteiger partial charge in [-0.3, -0.25) is 4.79 Å². The molecule has 0 aliphatic heterocycles. The lowest BCUT2D eigenvalue weighted by molar-refractivity contribution is -0.114. The van der Waals surface area contributed by atoms with E-state index in [0.717, 1.165) is 22.2 Å². The highest BCUT2D eigenvalue weighted by molar-refractivity contribution is 5.93. The van der Waals surface area contributed by atoms with Crippen LogP contribution < -0.4 is 10.9 Å².